The summed E-state index contributed by atoms with van der Waals surface area (Å²) in [5.41, 5.74) is 1.40. The molecule has 5 nitrogen and oxygen atoms in total. The molecule has 0 aliphatic carbocycles. The lowest BCUT2D eigenvalue weighted by Gasteiger charge is -2.05. The maximum atomic E-state index is 12.4. The third-order valence-electron chi connectivity index (χ3n) is 3.70. The highest BCUT2D eigenvalue weighted by Crippen LogP contribution is 2.19. The van der Waals surface area contributed by atoms with Crippen molar-refractivity contribution < 1.29 is 9.21 Å². The zero-order chi connectivity index (χ0) is 15.8. The Kier molecular flexibility index (Phi) is 2.98. The van der Waals surface area contributed by atoms with Crippen LogP contribution >= 0.6 is 0 Å². The first-order valence-electron chi connectivity index (χ1n) is 7.12. The van der Waals surface area contributed by atoms with Gasteiger partial charge >= 0.3 is 5.63 Å². The standard InChI is InChI=1S/C18H12N2O3/c21-17(20-13-5-6-15-11(9-13)7-8-19-15)14-10-12-3-1-2-4-16(12)23-18(14)22/h1-10,19H,(H,20,21). The number of hydrogen-bond donors (Lipinski definition) is 2. The molecule has 2 N–H and O–H groups in total. The first kappa shape index (κ1) is 13.3. The molecule has 0 aliphatic rings. The predicted molar refractivity (Wildman–Crippen MR) is 88.7 cm³/mol. The molecule has 2 heterocycles. The summed E-state index contributed by atoms with van der Waals surface area (Å²) >= 11 is 0. The molecule has 0 saturated heterocycles. The Morgan fingerprint density at radius 3 is 2.78 bits per heavy atom. The minimum absolute atomic E-state index is 0.0159. The average Bonchev–Trinajstić information content (AvgIpc) is 3.01. The lowest BCUT2D eigenvalue weighted by Crippen LogP contribution is -2.20. The fraction of sp³-hybridized carbons (Fsp3) is 0. The minimum atomic E-state index is -0.649. The molecule has 2 aromatic heterocycles. The monoisotopic (exact) mass is 304 g/mol. The van der Waals surface area contributed by atoms with Crippen molar-refractivity contribution in [2.45, 2.75) is 0 Å². The van der Waals surface area contributed by atoms with Gasteiger partial charge < -0.3 is 14.7 Å². The van der Waals surface area contributed by atoms with Crippen molar-refractivity contribution in [3.63, 3.8) is 0 Å². The van der Waals surface area contributed by atoms with Crippen LogP contribution in [0.25, 0.3) is 21.9 Å². The molecule has 5 heteroatoms. The van der Waals surface area contributed by atoms with Gasteiger partial charge in [0.15, 0.2) is 0 Å². The second kappa shape index (κ2) is 5.14. The van der Waals surface area contributed by atoms with Gasteiger partial charge in [-0.1, -0.05) is 18.2 Å². The van der Waals surface area contributed by atoms with E-state index in [0.29, 0.717) is 16.7 Å². The van der Waals surface area contributed by atoms with E-state index >= 15 is 0 Å². The quantitative estimate of drug-likeness (QED) is 0.556. The van der Waals surface area contributed by atoms with Gasteiger partial charge in [0.1, 0.15) is 11.1 Å². The molecule has 1 amide bonds. The SMILES string of the molecule is O=C(Nc1ccc2[nH]ccc2c1)c1cc2ccccc2oc1=O. The number of hydrogen-bond acceptors (Lipinski definition) is 3. The Balaban J connectivity index is 1.71. The van der Waals surface area contributed by atoms with E-state index in [1.54, 1.807) is 30.3 Å². The summed E-state index contributed by atoms with van der Waals surface area (Å²) in [6, 6.07) is 16.0. The van der Waals surface area contributed by atoms with Crippen molar-refractivity contribution in [1.82, 2.24) is 4.98 Å². The highest BCUT2D eigenvalue weighted by Gasteiger charge is 2.14. The number of nitrogens with one attached hydrogen (secondary N) is 2. The average molecular weight is 304 g/mol. The zero-order valence-corrected chi connectivity index (χ0v) is 12.0. The van der Waals surface area contributed by atoms with Gasteiger partial charge in [0.2, 0.25) is 0 Å². The highest BCUT2D eigenvalue weighted by molar-refractivity contribution is 6.06. The van der Waals surface area contributed by atoms with Crippen LogP contribution in [0, 0.1) is 0 Å². The van der Waals surface area contributed by atoms with E-state index in [2.05, 4.69) is 10.3 Å². The molecule has 0 bridgehead atoms. The minimum Gasteiger partial charge on any atom is -0.422 e. The van der Waals surface area contributed by atoms with Crippen LogP contribution in [0.1, 0.15) is 10.4 Å². The van der Waals surface area contributed by atoms with Crippen molar-refractivity contribution in [2.24, 2.45) is 0 Å². The van der Waals surface area contributed by atoms with E-state index in [1.165, 1.54) is 0 Å². The predicted octanol–water partition coefficient (Wildman–Crippen LogP) is 3.53. The third-order valence-corrected chi connectivity index (χ3v) is 3.70. The second-order valence-corrected chi connectivity index (χ2v) is 5.22. The molecular weight excluding hydrogens is 292 g/mol. The van der Waals surface area contributed by atoms with E-state index in [1.807, 2.05) is 30.5 Å². The summed E-state index contributed by atoms with van der Waals surface area (Å²) in [5, 5.41) is 4.42. The van der Waals surface area contributed by atoms with Crippen LogP contribution in [0.3, 0.4) is 0 Å². The second-order valence-electron chi connectivity index (χ2n) is 5.22. The van der Waals surface area contributed by atoms with Gasteiger partial charge in [0.25, 0.3) is 5.91 Å². The fourth-order valence-corrected chi connectivity index (χ4v) is 2.55. The van der Waals surface area contributed by atoms with Gasteiger partial charge in [-0.2, -0.15) is 0 Å². The van der Waals surface area contributed by atoms with Crippen LogP contribution in [0.5, 0.6) is 0 Å². The van der Waals surface area contributed by atoms with Crippen LogP contribution in [-0.4, -0.2) is 10.9 Å². The molecule has 0 radical (unpaired) electrons. The summed E-state index contributed by atoms with van der Waals surface area (Å²) in [6.45, 7) is 0. The van der Waals surface area contributed by atoms with Crippen molar-refractivity contribution in [2.75, 3.05) is 5.32 Å². The number of rotatable bonds is 2. The van der Waals surface area contributed by atoms with Crippen LogP contribution in [-0.2, 0) is 0 Å². The molecule has 0 unspecified atom stereocenters. The molecule has 4 rings (SSSR count). The number of carbonyl (C=O) groups excluding carboxylic acids is 1. The van der Waals surface area contributed by atoms with E-state index < -0.39 is 11.5 Å². The Morgan fingerprint density at radius 2 is 1.87 bits per heavy atom. The van der Waals surface area contributed by atoms with Gasteiger partial charge in [0, 0.05) is 28.2 Å². The number of anilines is 1. The molecular formula is C18H12N2O3. The Hall–Kier alpha value is -3.34. The topological polar surface area (TPSA) is 75.1 Å². The van der Waals surface area contributed by atoms with Crippen LogP contribution < -0.4 is 10.9 Å². The number of para-hydroxylation sites is 1. The maximum absolute atomic E-state index is 12.4. The molecule has 0 atom stereocenters. The van der Waals surface area contributed by atoms with E-state index in [9.17, 15) is 9.59 Å². The first-order chi connectivity index (χ1) is 11.2. The largest absolute Gasteiger partial charge is 0.422 e. The molecule has 23 heavy (non-hydrogen) atoms. The summed E-state index contributed by atoms with van der Waals surface area (Å²) in [5.74, 6) is -0.487. The third kappa shape index (κ3) is 2.38. The number of carbonyl (C=O) groups is 1. The van der Waals surface area contributed by atoms with Gasteiger partial charge in [-0.3, -0.25) is 4.79 Å². The normalized spacial score (nSPS) is 11.0. The van der Waals surface area contributed by atoms with Gasteiger partial charge in [-0.15, -0.1) is 0 Å². The first-order valence-corrected chi connectivity index (χ1v) is 7.12. The summed E-state index contributed by atoms with van der Waals surface area (Å²) in [7, 11) is 0. The number of amides is 1. The molecule has 0 saturated carbocycles. The molecule has 0 aliphatic heterocycles. The Bertz CT molecular complexity index is 1090. The Labute approximate surface area is 130 Å². The molecule has 4 aromatic rings. The van der Waals surface area contributed by atoms with E-state index in [0.717, 1.165) is 10.9 Å². The van der Waals surface area contributed by atoms with Crippen molar-refractivity contribution in [3.05, 3.63) is 76.8 Å². The van der Waals surface area contributed by atoms with Crippen LogP contribution in [0.4, 0.5) is 5.69 Å². The number of aromatic amines is 1. The molecule has 0 fully saturated rings. The number of H-pyrrole nitrogens is 1. The molecule has 112 valence electrons. The number of aromatic nitrogens is 1. The summed E-state index contributed by atoms with van der Waals surface area (Å²) < 4.78 is 5.19. The fourth-order valence-electron chi connectivity index (χ4n) is 2.55. The van der Waals surface area contributed by atoms with Crippen LogP contribution in [0.2, 0.25) is 0 Å². The van der Waals surface area contributed by atoms with E-state index in [-0.39, 0.29) is 5.56 Å². The number of benzene rings is 2. The lowest BCUT2D eigenvalue weighted by molar-refractivity contribution is 0.102. The Morgan fingerprint density at radius 1 is 1.00 bits per heavy atom. The van der Waals surface area contributed by atoms with E-state index in [4.69, 9.17) is 4.42 Å². The zero-order valence-electron chi connectivity index (χ0n) is 12.0. The smallest absolute Gasteiger partial charge is 0.349 e. The van der Waals surface area contributed by atoms with Crippen molar-refractivity contribution in [1.29, 1.82) is 0 Å². The summed E-state index contributed by atoms with van der Waals surface area (Å²) in [6.07, 6.45) is 1.83. The lowest BCUT2D eigenvalue weighted by atomic mass is 10.1. The van der Waals surface area contributed by atoms with Gasteiger partial charge in [-0.05, 0) is 36.4 Å². The van der Waals surface area contributed by atoms with Crippen molar-refractivity contribution in [3.8, 4) is 0 Å². The van der Waals surface area contributed by atoms with Gasteiger partial charge in [0.05, 0.1) is 0 Å². The van der Waals surface area contributed by atoms with Crippen molar-refractivity contribution >= 4 is 33.5 Å². The van der Waals surface area contributed by atoms with Crippen LogP contribution in [0.15, 0.2) is 70.0 Å². The molecule has 0 spiro atoms. The molecule has 2 aromatic carbocycles. The van der Waals surface area contributed by atoms with Gasteiger partial charge in [-0.25, -0.2) is 4.79 Å². The highest BCUT2D eigenvalue weighted by atomic mass is 16.4. The summed E-state index contributed by atoms with van der Waals surface area (Å²) in [4.78, 5) is 27.5. The maximum Gasteiger partial charge on any atom is 0.349 e. The number of fused-ring (bicyclic) bond motifs is 2.